The molecule has 0 fully saturated rings. The van der Waals surface area contributed by atoms with E-state index in [9.17, 15) is 0 Å². The Morgan fingerprint density at radius 3 is 2.53 bits per heavy atom. The maximum absolute atomic E-state index is 5.40. The molecular formula is C13H15ClN4S. The van der Waals surface area contributed by atoms with Crippen LogP contribution in [0.15, 0.2) is 53.8 Å². The molecule has 2 aromatic rings. The van der Waals surface area contributed by atoms with Gasteiger partial charge < -0.3 is 15.7 Å². The number of nitrogens with one attached hydrogen (secondary N) is 1. The molecule has 1 aromatic heterocycles. The summed E-state index contributed by atoms with van der Waals surface area (Å²) < 4.78 is 1.83. The third-order valence-electron chi connectivity index (χ3n) is 2.55. The molecule has 19 heavy (non-hydrogen) atoms. The standard InChI is InChI=1S/C13H14N4S.ClH/c1-17-9-5-8-11(12(17)16-14)13(18)15-10-6-3-2-4-7-10;/h2-9H,14H2,1H3,(H,15,18);1H. The summed E-state index contributed by atoms with van der Waals surface area (Å²) in [5.74, 6) is 5.40. The van der Waals surface area contributed by atoms with Crippen LogP contribution in [0.2, 0.25) is 0 Å². The molecule has 0 aliphatic rings. The largest absolute Gasteiger partial charge is 0.346 e. The Labute approximate surface area is 123 Å². The normalized spacial score (nSPS) is 10.7. The second-order valence-electron chi connectivity index (χ2n) is 3.81. The van der Waals surface area contributed by atoms with Crippen LogP contribution in [-0.4, -0.2) is 9.56 Å². The van der Waals surface area contributed by atoms with Crippen LogP contribution >= 0.6 is 24.6 Å². The van der Waals surface area contributed by atoms with Crippen molar-refractivity contribution in [1.82, 2.24) is 4.57 Å². The molecule has 6 heteroatoms. The van der Waals surface area contributed by atoms with Crippen LogP contribution in [0.1, 0.15) is 5.56 Å². The Balaban J connectivity index is 0.00000180. The fraction of sp³-hybridized carbons (Fsp3) is 0.0769. The van der Waals surface area contributed by atoms with Crippen molar-refractivity contribution in [2.45, 2.75) is 0 Å². The Hall–Kier alpha value is -1.85. The number of benzene rings is 1. The third-order valence-corrected chi connectivity index (χ3v) is 2.87. The quantitative estimate of drug-likeness (QED) is 0.506. The highest BCUT2D eigenvalue weighted by atomic mass is 35.5. The maximum Gasteiger partial charge on any atom is 0.162 e. The molecule has 0 saturated heterocycles. The van der Waals surface area contributed by atoms with E-state index in [4.69, 9.17) is 18.1 Å². The van der Waals surface area contributed by atoms with Crippen molar-refractivity contribution < 1.29 is 0 Å². The molecule has 1 aromatic carbocycles. The van der Waals surface area contributed by atoms with Crippen molar-refractivity contribution in [2.75, 3.05) is 5.32 Å². The van der Waals surface area contributed by atoms with Gasteiger partial charge in [0.2, 0.25) is 0 Å². The molecule has 2 rings (SSSR count). The summed E-state index contributed by atoms with van der Waals surface area (Å²) in [5, 5.41) is 6.93. The molecule has 0 bridgehead atoms. The minimum absolute atomic E-state index is 0. The highest BCUT2D eigenvalue weighted by Crippen LogP contribution is 2.07. The van der Waals surface area contributed by atoms with Gasteiger partial charge in [-0.1, -0.05) is 30.4 Å². The van der Waals surface area contributed by atoms with Gasteiger partial charge in [0, 0.05) is 18.9 Å². The second kappa shape index (κ2) is 6.92. The summed E-state index contributed by atoms with van der Waals surface area (Å²) in [7, 11) is 1.88. The highest BCUT2D eigenvalue weighted by Gasteiger charge is 2.05. The summed E-state index contributed by atoms with van der Waals surface area (Å²) in [6.45, 7) is 0. The Morgan fingerprint density at radius 2 is 1.89 bits per heavy atom. The van der Waals surface area contributed by atoms with Crippen LogP contribution in [-0.2, 0) is 7.05 Å². The van der Waals surface area contributed by atoms with Gasteiger partial charge in [-0.05, 0) is 24.3 Å². The van der Waals surface area contributed by atoms with Crippen LogP contribution in [0.4, 0.5) is 5.69 Å². The van der Waals surface area contributed by atoms with Gasteiger partial charge in [0.1, 0.15) is 4.99 Å². The first kappa shape index (κ1) is 15.2. The topological polar surface area (TPSA) is 55.3 Å². The number of aromatic nitrogens is 1. The zero-order valence-corrected chi connectivity index (χ0v) is 12.0. The van der Waals surface area contributed by atoms with Crippen LogP contribution in [0.5, 0.6) is 0 Å². The lowest BCUT2D eigenvalue weighted by atomic mass is 10.2. The molecule has 0 aliphatic carbocycles. The van der Waals surface area contributed by atoms with Crippen molar-refractivity contribution in [3.8, 4) is 0 Å². The molecular weight excluding hydrogens is 280 g/mol. The van der Waals surface area contributed by atoms with Gasteiger partial charge in [-0.2, -0.15) is 5.10 Å². The molecule has 0 spiro atoms. The number of nitrogens with zero attached hydrogens (tertiary/aromatic N) is 2. The Morgan fingerprint density at radius 1 is 1.21 bits per heavy atom. The average Bonchev–Trinajstić information content (AvgIpc) is 2.39. The van der Waals surface area contributed by atoms with E-state index in [1.807, 2.05) is 60.3 Å². The molecule has 0 saturated carbocycles. The van der Waals surface area contributed by atoms with Gasteiger partial charge in [0.25, 0.3) is 0 Å². The number of rotatable bonds is 2. The molecule has 0 radical (unpaired) electrons. The lowest BCUT2D eigenvalue weighted by Gasteiger charge is -2.09. The number of nitrogens with two attached hydrogens (primary N) is 1. The molecule has 3 N–H and O–H groups in total. The molecule has 0 atom stereocenters. The SMILES string of the molecule is Cl.Cn1cccc(C(=S)Nc2ccccc2)c1=NN. The molecule has 0 unspecified atom stereocenters. The van der Waals surface area contributed by atoms with E-state index < -0.39 is 0 Å². The summed E-state index contributed by atoms with van der Waals surface area (Å²) >= 11 is 5.38. The van der Waals surface area contributed by atoms with Gasteiger partial charge in [0.05, 0.1) is 5.56 Å². The predicted molar refractivity (Wildman–Crippen MR) is 84.2 cm³/mol. The first-order chi connectivity index (χ1) is 8.72. The number of halogens is 1. The lowest BCUT2D eigenvalue weighted by Crippen LogP contribution is -2.29. The minimum atomic E-state index is 0. The van der Waals surface area contributed by atoms with Crippen LogP contribution in [0.3, 0.4) is 0 Å². The zero-order valence-electron chi connectivity index (χ0n) is 10.4. The summed E-state index contributed by atoms with van der Waals surface area (Å²) in [4.78, 5) is 0.599. The zero-order chi connectivity index (χ0) is 13.0. The molecule has 0 amide bonds. The van der Waals surface area contributed by atoms with Gasteiger partial charge in [0.15, 0.2) is 5.49 Å². The summed E-state index contributed by atoms with van der Waals surface area (Å²) in [6.07, 6.45) is 1.88. The number of anilines is 1. The van der Waals surface area contributed by atoms with Crippen molar-refractivity contribution in [3.05, 3.63) is 59.7 Å². The summed E-state index contributed by atoms with van der Waals surface area (Å²) in [5.41, 5.74) is 2.39. The summed E-state index contributed by atoms with van der Waals surface area (Å²) in [6, 6.07) is 13.6. The highest BCUT2D eigenvalue weighted by molar-refractivity contribution is 7.81. The number of hydrogen-bond donors (Lipinski definition) is 2. The monoisotopic (exact) mass is 294 g/mol. The van der Waals surface area contributed by atoms with Crippen molar-refractivity contribution in [1.29, 1.82) is 0 Å². The van der Waals surface area contributed by atoms with Crippen molar-refractivity contribution >= 4 is 35.3 Å². The van der Waals surface area contributed by atoms with E-state index in [1.54, 1.807) is 0 Å². The molecule has 100 valence electrons. The van der Waals surface area contributed by atoms with E-state index in [2.05, 4.69) is 10.4 Å². The molecule has 4 nitrogen and oxygen atoms in total. The van der Waals surface area contributed by atoms with Gasteiger partial charge in [-0.3, -0.25) is 0 Å². The van der Waals surface area contributed by atoms with Crippen molar-refractivity contribution in [3.63, 3.8) is 0 Å². The average molecular weight is 295 g/mol. The van der Waals surface area contributed by atoms with Crippen LogP contribution in [0.25, 0.3) is 0 Å². The number of pyridine rings is 1. The number of hydrogen-bond acceptors (Lipinski definition) is 3. The first-order valence-corrected chi connectivity index (χ1v) is 5.89. The first-order valence-electron chi connectivity index (χ1n) is 5.48. The Bertz CT molecular complexity index is 622. The maximum atomic E-state index is 5.40. The molecule has 0 aliphatic heterocycles. The smallest absolute Gasteiger partial charge is 0.162 e. The number of thiocarbonyl (C=S) groups is 1. The van der Waals surface area contributed by atoms with E-state index in [1.165, 1.54) is 0 Å². The van der Waals surface area contributed by atoms with Crippen LogP contribution < -0.4 is 16.6 Å². The second-order valence-corrected chi connectivity index (χ2v) is 4.21. The lowest BCUT2D eigenvalue weighted by molar-refractivity contribution is 0.812. The van der Waals surface area contributed by atoms with E-state index in [0.29, 0.717) is 10.5 Å². The van der Waals surface area contributed by atoms with Crippen molar-refractivity contribution in [2.24, 2.45) is 18.0 Å². The third kappa shape index (κ3) is 3.56. The van der Waals surface area contributed by atoms with Gasteiger partial charge >= 0.3 is 0 Å². The van der Waals surface area contributed by atoms with Gasteiger partial charge in [-0.15, -0.1) is 12.4 Å². The van der Waals surface area contributed by atoms with E-state index >= 15 is 0 Å². The van der Waals surface area contributed by atoms with Crippen LogP contribution in [0, 0.1) is 0 Å². The fourth-order valence-corrected chi connectivity index (χ4v) is 1.94. The molecule has 1 heterocycles. The van der Waals surface area contributed by atoms with E-state index in [0.717, 1.165) is 11.3 Å². The van der Waals surface area contributed by atoms with E-state index in [-0.39, 0.29) is 12.4 Å². The number of aryl methyl sites for hydroxylation is 1. The minimum Gasteiger partial charge on any atom is -0.346 e. The fourth-order valence-electron chi connectivity index (χ4n) is 1.66. The predicted octanol–water partition coefficient (Wildman–Crippen LogP) is 2.01. The number of para-hydroxylation sites is 1. The van der Waals surface area contributed by atoms with Gasteiger partial charge in [-0.25, -0.2) is 0 Å². The Kier molecular flexibility index (Phi) is 5.54.